The van der Waals surface area contributed by atoms with Crippen molar-refractivity contribution in [3.8, 4) is 0 Å². The number of rotatable bonds is 6. The number of amides is 1. The van der Waals surface area contributed by atoms with Crippen molar-refractivity contribution < 1.29 is 9.32 Å². The highest BCUT2D eigenvalue weighted by Gasteiger charge is 2.21. The number of carbonyl (C=O) groups excluding carboxylic acids is 1. The largest absolute Gasteiger partial charge is 0.361 e. The van der Waals surface area contributed by atoms with Crippen LogP contribution in [0.15, 0.2) is 47.5 Å². The lowest BCUT2D eigenvalue weighted by molar-refractivity contribution is 0.101. The van der Waals surface area contributed by atoms with Crippen molar-refractivity contribution in [3.63, 3.8) is 0 Å². The number of benzene rings is 1. The zero-order valence-corrected chi connectivity index (χ0v) is 17.9. The highest BCUT2D eigenvalue weighted by atomic mass is 35.5. The molecule has 8 nitrogen and oxygen atoms in total. The molecule has 1 amide bonds. The molecule has 0 spiro atoms. The van der Waals surface area contributed by atoms with Crippen molar-refractivity contribution in [1.29, 1.82) is 0 Å². The summed E-state index contributed by atoms with van der Waals surface area (Å²) < 4.78 is 8.47. The third-order valence-corrected chi connectivity index (χ3v) is 5.14. The summed E-state index contributed by atoms with van der Waals surface area (Å²) in [4.78, 5) is 12.7. The topological polar surface area (TPSA) is 90.8 Å². The maximum Gasteiger partial charge on any atom is 0.278 e. The second-order valence-corrected chi connectivity index (χ2v) is 7.82. The Kier molecular flexibility index (Phi) is 5.80. The van der Waals surface area contributed by atoms with E-state index in [1.807, 2.05) is 6.07 Å². The lowest BCUT2D eigenvalue weighted by Gasteiger charge is -2.05. The first-order valence-electron chi connectivity index (χ1n) is 8.80. The van der Waals surface area contributed by atoms with Crippen LogP contribution in [0.1, 0.15) is 27.4 Å². The van der Waals surface area contributed by atoms with E-state index in [2.05, 4.69) is 20.7 Å². The normalized spacial score (nSPS) is 11.1. The van der Waals surface area contributed by atoms with Crippen molar-refractivity contribution in [3.05, 3.63) is 80.6 Å². The monoisotopic (exact) mass is 464 g/mol. The summed E-state index contributed by atoms with van der Waals surface area (Å²) in [6, 6.07) is 5.26. The highest BCUT2D eigenvalue weighted by molar-refractivity contribution is 6.35. The Bertz CT molecular complexity index is 1210. The average molecular weight is 466 g/mol. The van der Waals surface area contributed by atoms with Gasteiger partial charge in [-0.15, -0.1) is 0 Å². The average Bonchev–Trinajstić information content (AvgIpc) is 3.40. The van der Waals surface area contributed by atoms with Gasteiger partial charge in [-0.2, -0.15) is 10.2 Å². The van der Waals surface area contributed by atoms with E-state index in [-0.39, 0.29) is 5.69 Å². The molecule has 4 rings (SSSR count). The second kappa shape index (κ2) is 8.51. The smallest absolute Gasteiger partial charge is 0.278 e. The van der Waals surface area contributed by atoms with Gasteiger partial charge in [0.15, 0.2) is 5.69 Å². The van der Waals surface area contributed by atoms with Crippen LogP contribution < -0.4 is 5.32 Å². The lowest BCUT2D eigenvalue weighted by atomic mass is 10.2. The van der Waals surface area contributed by atoms with Gasteiger partial charge in [0.05, 0.1) is 36.2 Å². The molecule has 11 heteroatoms. The Hall–Kier alpha value is -2.81. The number of aromatic nitrogens is 5. The fourth-order valence-corrected chi connectivity index (χ4v) is 3.50. The van der Waals surface area contributed by atoms with Crippen molar-refractivity contribution in [2.75, 3.05) is 5.32 Å². The molecule has 0 unspecified atom stereocenters. The zero-order valence-electron chi connectivity index (χ0n) is 15.6. The van der Waals surface area contributed by atoms with Gasteiger partial charge >= 0.3 is 0 Å². The molecular formula is C19H15Cl3N6O2. The minimum Gasteiger partial charge on any atom is -0.361 e. The number of hydrogen-bond acceptors (Lipinski definition) is 5. The number of carbonyl (C=O) groups is 1. The first-order chi connectivity index (χ1) is 14.4. The molecule has 1 N–H and O–H groups in total. The summed E-state index contributed by atoms with van der Waals surface area (Å²) in [5, 5.41) is 16.7. The van der Waals surface area contributed by atoms with E-state index < -0.39 is 5.91 Å². The Morgan fingerprint density at radius 3 is 2.57 bits per heavy atom. The summed E-state index contributed by atoms with van der Waals surface area (Å²) in [5.74, 6) is 0.115. The Morgan fingerprint density at radius 1 is 1.07 bits per heavy atom. The van der Waals surface area contributed by atoms with Crippen LogP contribution in [-0.4, -0.2) is 30.6 Å². The highest BCUT2D eigenvalue weighted by Crippen LogP contribution is 2.22. The van der Waals surface area contributed by atoms with E-state index in [9.17, 15) is 4.79 Å². The molecule has 0 aliphatic heterocycles. The zero-order chi connectivity index (χ0) is 21.3. The Labute approximate surface area is 186 Å². The van der Waals surface area contributed by atoms with Gasteiger partial charge in [0.25, 0.3) is 5.91 Å². The van der Waals surface area contributed by atoms with Gasteiger partial charge in [0.1, 0.15) is 5.76 Å². The third-order valence-electron chi connectivity index (χ3n) is 4.36. The fourth-order valence-electron chi connectivity index (χ4n) is 2.87. The number of aryl methyl sites for hydroxylation is 1. The van der Waals surface area contributed by atoms with E-state index in [0.717, 1.165) is 5.56 Å². The maximum atomic E-state index is 12.7. The van der Waals surface area contributed by atoms with Gasteiger partial charge in [-0.1, -0.05) is 46.0 Å². The van der Waals surface area contributed by atoms with Gasteiger partial charge in [0.2, 0.25) is 0 Å². The molecule has 0 aliphatic carbocycles. The number of nitrogens with one attached hydrogen (secondary N) is 1. The van der Waals surface area contributed by atoms with Crippen molar-refractivity contribution in [2.24, 2.45) is 0 Å². The predicted molar refractivity (Wildman–Crippen MR) is 113 cm³/mol. The molecule has 1 aromatic carbocycles. The van der Waals surface area contributed by atoms with E-state index in [1.165, 1.54) is 6.20 Å². The minimum absolute atomic E-state index is 0.174. The first-order valence-corrected chi connectivity index (χ1v) is 9.93. The van der Waals surface area contributed by atoms with E-state index in [0.29, 0.717) is 45.2 Å². The van der Waals surface area contributed by atoms with Crippen LogP contribution in [0, 0.1) is 6.92 Å². The molecule has 0 aliphatic rings. The van der Waals surface area contributed by atoms with Crippen LogP contribution in [-0.2, 0) is 13.1 Å². The molecule has 4 aromatic rings. The molecule has 154 valence electrons. The van der Waals surface area contributed by atoms with E-state index in [4.69, 9.17) is 39.3 Å². The minimum atomic E-state index is -0.413. The summed E-state index contributed by atoms with van der Waals surface area (Å²) >= 11 is 18.0. The van der Waals surface area contributed by atoms with Crippen LogP contribution >= 0.6 is 34.8 Å². The standard InChI is InChI=1S/C19H15Cl3N6O2/c1-11-16(10-28-8-14(21)5-23-28)18(26-30-11)19(29)25-15-6-24-27(9-15)7-12-2-3-13(20)4-17(12)22/h2-6,8-9H,7,10H2,1H3,(H,25,29). The van der Waals surface area contributed by atoms with Crippen LogP contribution in [0.3, 0.4) is 0 Å². The third kappa shape index (κ3) is 4.51. The van der Waals surface area contributed by atoms with Gasteiger partial charge in [-0.05, 0) is 24.6 Å². The second-order valence-electron chi connectivity index (χ2n) is 6.54. The molecule has 30 heavy (non-hydrogen) atoms. The molecule has 0 saturated heterocycles. The van der Waals surface area contributed by atoms with Crippen molar-refractivity contribution >= 4 is 46.4 Å². The summed E-state index contributed by atoms with van der Waals surface area (Å²) in [5.41, 5.74) is 2.16. The number of halogens is 3. The molecule has 0 bridgehead atoms. The molecule has 3 aromatic heterocycles. The van der Waals surface area contributed by atoms with Crippen LogP contribution in [0.5, 0.6) is 0 Å². The van der Waals surface area contributed by atoms with Crippen molar-refractivity contribution in [1.82, 2.24) is 24.7 Å². The van der Waals surface area contributed by atoms with E-state index in [1.54, 1.807) is 47.0 Å². The van der Waals surface area contributed by atoms with Gasteiger partial charge < -0.3 is 9.84 Å². The van der Waals surface area contributed by atoms with Gasteiger partial charge in [-0.25, -0.2) is 0 Å². The first kappa shape index (κ1) is 20.5. The van der Waals surface area contributed by atoms with Crippen LogP contribution in [0.25, 0.3) is 0 Å². The molecular weight excluding hydrogens is 451 g/mol. The molecule has 0 saturated carbocycles. The van der Waals surface area contributed by atoms with Gasteiger partial charge in [-0.3, -0.25) is 14.2 Å². The molecule has 0 radical (unpaired) electrons. The lowest BCUT2D eigenvalue weighted by Crippen LogP contribution is -2.15. The predicted octanol–water partition coefficient (Wildman–Crippen LogP) is 4.69. The summed E-state index contributed by atoms with van der Waals surface area (Å²) in [7, 11) is 0. The summed E-state index contributed by atoms with van der Waals surface area (Å²) in [6.45, 7) is 2.47. The van der Waals surface area contributed by atoms with Crippen LogP contribution in [0.2, 0.25) is 15.1 Å². The maximum absolute atomic E-state index is 12.7. The van der Waals surface area contributed by atoms with Crippen LogP contribution in [0.4, 0.5) is 5.69 Å². The molecule has 3 heterocycles. The number of anilines is 1. The Morgan fingerprint density at radius 2 is 1.83 bits per heavy atom. The SMILES string of the molecule is Cc1onc(C(=O)Nc2cnn(Cc3ccc(Cl)cc3Cl)c2)c1Cn1cc(Cl)cn1. The quantitative estimate of drug-likeness (QED) is 0.446. The fraction of sp³-hybridized carbons (Fsp3) is 0.158. The summed E-state index contributed by atoms with van der Waals surface area (Å²) in [6.07, 6.45) is 6.41. The number of hydrogen-bond donors (Lipinski definition) is 1. The van der Waals surface area contributed by atoms with E-state index >= 15 is 0 Å². The van der Waals surface area contributed by atoms with Gasteiger partial charge in [0, 0.05) is 28.0 Å². The number of nitrogens with zero attached hydrogens (tertiary/aromatic N) is 5. The molecule has 0 fully saturated rings. The Balaban J connectivity index is 1.47. The van der Waals surface area contributed by atoms with Crippen molar-refractivity contribution in [2.45, 2.75) is 20.0 Å². The molecule has 0 atom stereocenters.